The van der Waals surface area contributed by atoms with E-state index >= 15 is 0 Å². The molecule has 9 rings (SSSR count). The summed E-state index contributed by atoms with van der Waals surface area (Å²) in [5.41, 5.74) is 11.9. The van der Waals surface area contributed by atoms with Crippen molar-refractivity contribution in [2.24, 2.45) is 0 Å². The highest BCUT2D eigenvalue weighted by Crippen LogP contribution is 2.33. The normalized spacial score (nSPS) is 11.4. The molecule has 0 bridgehead atoms. The largest absolute Gasteiger partial charge is 0.292 e. The summed E-state index contributed by atoms with van der Waals surface area (Å²) >= 11 is 0. The standard InChI is InChI=1S/C42H27N5/c1-2-11-34(12-3-1)47-41-15-5-4-14-38(41)46-42(47)33-10-8-9-30(25-33)31-18-16-28-20-22-35(44-39(28)26-31)32-19-17-29-21-23-37(45-40(29)27-32)36-13-6-7-24-43-36/h1-27H. The molecule has 0 unspecified atom stereocenters. The van der Waals surface area contributed by atoms with Crippen LogP contribution in [0.3, 0.4) is 0 Å². The van der Waals surface area contributed by atoms with Crippen LogP contribution in [0.2, 0.25) is 0 Å². The van der Waals surface area contributed by atoms with E-state index in [0.29, 0.717) is 0 Å². The molecule has 0 radical (unpaired) electrons. The fourth-order valence-electron chi connectivity index (χ4n) is 6.29. The van der Waals surface area contributed by atoms with E-state index in [9.17, 15) is 0 Å². The predicted molar refractivity (Wildman–Crippen MR) is 191 cm³/mol. The number of hydrogen-bond donors (Lipinski definition) is 0. The molecule has 5 heteroatoms. The van der Waals surface area contributed by atoms with Crippen LogP contribution >= 0.6 is 0 Å². The highest BCUT2D eigenvalue weighted by Gasteiger charge is 2.15. The van der Waals surface area contributed by atoms with Gasteiger partial charge in [-0.15, -0.1) is 0 Å². The van der Waals surface area contributed by atoms with E-state index in [-0.39, 0.29) is 0 Å². The molecule has 0 amide bonds. The van der Waals surface area contributed by atoms with Crippen molar-refractivity contribution in [3.8, 4) is 50.8 Å². The number of nitrogens with zero attached hydrogens (tertiary/aromatic N) is 5. The maximum absolute atomic E-state index is 5.13. The second kappa shape index (κ2) is 11.2. The Bertz CT molecular complexity index is 2570. The van der Waals surface area contributed by atoms with E-state index in [1.54, 1.807) is 6.20 Å². The molecule has 220 valence electrons. The van der Waals surface area contributed by atoms with Gasteiger partial charge in [0.15, 0.2) is 0 Å². The Morgan fingerprint density at radius 3 is 1.87 bits per heavy atom. The van der Waals surface area contributed by atoms with Gasteiger partial charge in [0.2, 0.25) is 0 Å². The second-order valence-corrected chi connectivity index (χ2v) is 11.6. The Kier molecular flexibility index (Phi) is 6.39. The Morgan fingerprint density at radius 2 is 1.04 bits per heavy atom. The van der Waals surface area contributed by atoms with Crippen molar-refractivity contribution in [3.05, 3.63) is 164 Å². The molecule has 0 saturated heterocycles. The maximum Gasteiger partial charge on any atom is 0.145 e. The van der Waals surface area contributed by atoms with Crippen LogP contribution in [0.25, 0.3) is 83.7 Å². The summed E-state index contributed by atoms with van der Waals surface area (Å²) in [4.78, 5) is 19.6. The van der Waals surface area contributed by atoms with Crippen LogP contribution < -0.4 is 0 Å². The summed E-state index contributed by atoms with van der Waals surface area (Å²) < 4.78 is 2.24. The summed E-state index contributed by atoms with van der Waals surface area (Å²) in [6.45, 7) is 0. The summed E-state index contributed by atoms with van der Waals surface area (Å²) in [5, 5.41) is 2.17. The molecular formula is C42H27N5. The van der Waals surface area contributed by atoms with Crippen molar-refractivity contribution in [3.63, 3.8) is 0 Å². The van der Waals surface area contributed by atoms with Crippen LogP contribution in [0, 0.1) is 0 Å². The van der Waals surface area contributed by atoms with Crippen LogP contribution in [0.4, 0.5) is 0 Å². The number of pyridine rings is 3. The fraction of sp³-hybridized carbons (Fsp3) is 0. The van der Waals surface area contributed by atoms with Crippen LogP contribution in [-0.4, -0.2) is 24.5 Å². The summed E-state index contributed by atoms with van der Waals surface area (Å²) in [7, 11) is 0. The fourth-order valence-corrected chi connectivity index (χ4v) is 6.29. The maximum atomic E-state index is 5.13. The van der Waals surface area contributed by atoms with Gasteiger partial charge in [-0.1, -0.05) is 91.0 Å². The minimum absolute atomic E-state index is 0.855. The molecule has 4 heterocycles. The molecule has 9 aromatic rings. The molecule has 0 aliphatic rings. The van der Waals surface area contributed by atoms with Gasteiger partial charge in [-0.2, -0.15) is 0 Å². The number of para-hydroxylation sites is 3. The Balaban J connectivity index is 1.10. The van der Waals surface area contributed by atoms with Crippen molar-refractivity contribution >= 4 is 32.8 Å². The SMILES string of the molecule is c1ccc(-n2c(-c3cccc(-c4ccc5ccc(-c6ccc7ccc(-c8ccccn8)nc7c6)nc5c4)c3)nc3ccccc32)cc1. The highest BCUT2D eigenvalue weighted by molar-refractivity contribution is 5.90. The van der Waals surface area contributed by atoms with Gasteiger partial charge >= 0.3 is 0 Å². The molecular weight excluding hydrogens is 574 g/mol. The quantitative estimate of drug-likeness (QED) is 0.197. The van der Waals surface area contributed by atoms with E-state index in [1.807, 2.05) is 36.4 Å². The van der Waals surface area contributed by atoms with Crippen molar-refractivity contribution in [2.75, 3.05) is 0 Å². The third-order valence-electron chi connectivity index (χ3n) is 8.64. The summed E-state index contributed by atoms with van der Waals surface area (Å²) in [6, 6.07) is 54.4. The van der Waals surface area contributed by atoms with Crippen molar-refractivity contribution in [2.45, 2.75) is 0 Å². The molecule has 0 N–H and O–H groups in total. The van der Waals surface area contributed by atoms with Crippen molar-refractivity contribution < 1.29 is 0 Å². The number of rotatable bonds is 5. The third kappa shape index (κ3) is 4.91. The van der Waals surface area contributed by atoms with E-state index in [4.69, 9.17) is 15.0 Å². The first kappa shape index (κ1) is 26.9. The highest BCUT2D eigenvalue weighted by atomic mass is 15.1. The average molecular weight is 602 g/mol. The molecule has 5 nitrogen and oxygen atoms in total. The minimum Gasteiger partial charge on any atom is -0.292 e. The average Bonchev–Trinajstić information content (AvgIpc) is 3.54. The van der Waals surface area contributed by atoms with E-state index in [1.165, 1.54) is 0 Å². The van der Waals surface area contributed by atoms with Gasteiger partial charge in [0.25, 0.3) is 0 Å². The zero-order valence-electron chi connectivity index (χ0n) is 25.3. The minimum atomic E-state index is 0.855. The van der Waals surface area contributed by atoms with E-state index in [0.717, 1.165) is 83.7 Å². The lowest BCUT2D eigenvalue weighted by atomic mass is 10.0. The molecule has 0 atom stereocenters. The number of fused-ring (bicyclic) bond motifs is 3. The van der Waals surface area contributed by atoms with Crippen LogP contribution in [0.5, 0.6) is 0 Å². The first-order chi connectivity index (χ1) is 23.3. The number of hydrogen-bond acceptors (Lipinski definition) is 4. The zero-order chi connectivity index (χ0) is 31.2. The van der Waals surface area contributed by atoms with Gasteiger partial charge in [0, 0.05) is 33.8 Å². The second-order valence-electron chi connectivity index (χ2n) is 11.6. The first-order valence-corrected chi connectivity index (χ1v) is 15.6. The number of benzene rings is 5. The molecule has 0 fully saturated rings. The van der Waals surface area contributed by atoms with Gasteiger partial charge in [0.05, 0.1) is 39.1 Å². The van der Waals surface area contributed by atoms with E-state index in [2.05, 4.69) is 131 Å². The Hall–Kier alpha value is -6.46. The molecule has 5 aromatic carbocycles. The number of aromatic nitrogens is 5. The lowest BCUT2D eigenvalue weighted by Crippen LogP contribution is -1.97. The Labute approximate surface area is 271 Å². The van der Waals surface area contributed by atoms with Gasteiger partial charge in [-0.05, 0) is 77.9 Å². The van der Waals surface area contributed by atoms with Crippen LogP contribution in [0.1, 0.15) is 0 Å². The molecule has 0 aliphatic carbocycles. The van der Waals surface area contributed by atoms with Gasteiger partial charge < -0.3 is 0 Å². The molecule has 0 saturated carbocycles. The topological polar surface area (TPSA) is 56.5 Å². The lowest BCUT2D eigenvalue weighted by molar-refractivity contribution is 1.10. The third-order valence-corrected chi connectivity index (χ3v) is 8.64. The van der Waals surface area contributed by atoms with Gasteiger partial charge in [0.1, 0.15) is 5.82 Å². The molecule has 47 heavy (non-hydrogen) atoms. The Morgan fingerprint density at radius 1 is 0.383 bits per heavy atom. The molecule has 0 spiro atoms. The van der Waals surface area contributed by atoms with Crippen LogP contribution in [0.15, 0.2) is 164 Å². The van der Waals surface area contributed by atoms with Gasteiger partial charge in [-0.25, -0.2) is 15.0 Å². The summed E-state index contributed by atoms with van der Waals surface area (Å²) in [5.74, 6) is 0.913. The summed E-state index contributed by atoms with van der Waals surface area (Å²) in [6.07, 6.45) is 1.79. The molecule has 4 aromatic heterocycles. The smallest absolute Gasteiger partial charge is 0.145 e. The van der Waals surface area contributed by atoms with Crippen LogP contribution in [-0.2, 0) is 0 Å². The number of imidazole rings is 1. The first-order valence-electron chi connectivity index (χ1n) is 15.6. The predicted octanol–water partition coefficient (Wildman–Crippen LogP) is 10.2. The van der Waals surface area contributed by atoms with Crippen molar-refractivity contribution in [1.82, 2.24) is 24.5 Å². The van der Waals surface area contributed by atoms with E-state index < -0.39 is 0 Å². The van der Waals surface area contributed by atoms with Crippen molar-refractivity contribution in [1.29, 1.82) is 0 Å². The van der Waals surface area contributed by atoms with Gasteiger partial charge in [-0.3, -0.25) is 9.55 Å². The lowest BCUT2D eigenvalue weighted by Gasteiger charge is -2.11. The monoisotopic (exact) mass is 601 g/mol. The molecule has 0 aliphatic heterocycles. The zero-order valence-corrected chi connectivity index (χ0v) is 25.3.